The van der Waals surface area contributed by atoms with Gasteiger partial charge in [-0.05, 0) is 31.1 Å². The summed E-state index contributed by atoms with van der Waals surface area (Å²) in [6.07, 6.45) is 3.42. The first-order valence-electron chi connectivity index (χ1n) is 10.2. The number of aromatic nitrogens is 4. The van der Waals surface area contributed by atoms with Crippen molar-refractivity contribution in [1.29, 1.82) is 0 Å². The second-order valence-electron chi connectivity index (χ2n) is 7.60. The van der Waals surface area contributed by atoms with Crippen molar-refractivity contribution < 1.29 is 18.7 Å². The molecule has 1 aromatic rings. The molecule has 0 aliphatic carbocycles. The summed E-state index contributed by atoms with van der Waals surface area (Å²) in [6, 6.07) is 0. The number of nitrogens with one attached hydrogen (secondary N) is 1. The summed E-state index contributed by atoms with van der Waals surface area (Å²) < 4.78 is 20.2. The van der Waals surface area contributed by atoms with Crippen LogP contribution in [0, 0.1) is 0 Å². The van der Waals surface area contributed by atoms with Gasteiger partial charge >= 0.3 is 6.09 Å². The normalized spacial score (nSPS) is 20.8. The van der Waals surface area contributed by atoms with E-state index in [2.05, 4.69) is 27.3 Å². The topological polar surface area (TPSA) is 105 Å². The Balaban J connectivity index is 1.58. The molecule has 1 atom stereocenters. The number of rotatable bonds is 7. The number of hydrogen-bond donors (Lipinski definition) is 1. The lowest BCUT2D eigenvalue weighted by atomic mass is 9.96. The molecule has 0 saturated carbocycles. The molecule has 0 unspecified atom stereocenters. The molecule has 0 bridgehead atoms. The van der Waals surface area contributed by atoms with Crippen molar-refractivity contribution in [1.82, 2.24) is 35.3 Å². The summed E-state index contributed by atoms with van der Waals surface area (Å²) in [7, 11) is 1.73. The molecule has 3 heterocycles. The summed E-state index contributed by atoms with van der Waals surface area (Å²) >= 11 is 0. The van der Waals surface area contributed by atoms with E-state index in [-0.39, 0.29) is 30.6 Å². The van der Waals surface area contributed by atoms with Gasteiger partial charge in [-0.2, -0.15) is 4.80 Å². The van der Waals surface area contributed by atoms with Gasteiger partial charge in [-0.3, -0.25) is 9.69 Å². The Hall–Kier alpha value is -3.24. The molecule has 168 valence electrons. The highest BCUT2D eigenvalue weighted by Gasteiger charge is 2.33. The van der Waals surface area contributed by atoms with Crippen molar-refractivity contribution in [3.05, 3.63) is 41.8 Å². The molecule has 11 heteroatoms. The number of hydrogen-bond acceptors (Lipinski definition) is 7. The number of likely N-dealkylation sites (tertiary alicyclic amines) is 1. The molecule has 2 fully saturated rings. The SMILES string of the molecule is C=C(/C(F)=C\C(=C/C)N1C[C@H](CNC(C)=O)OC1=O)N1CCC(c2nnn(C)n2)CC1. The summed E-state index contributed by atoms with van der Waals surface area (Å²) in [5.41, 5.74) is 0.653. The van der Waals surface area contributed by atoms with E-state index in [9.17, 15) is 14.0 Å². The number of carbonyl (C=O) groups excluding carboxylic acids is 2. The lowest BCUT2D eigenvalue weighted by Crippen LogP contribution is -2.33. The molecule has 10 nitrogen and oxygen atoms in total. The number of allylic oxidation sites excluding steroid dienone is 3. The standard InChI is InChI=1S/C20H28FN7O3/c1-5-16(28-12-17(31-20(28)30)11-22-14(3)29)10-18(21)13(2)27-8-6-15(7-9-27)19-23-25-26(4)24-19/h5,10,15,17H,2,6-9,11-12H2,1,3-4H3,(H,22,29)/b16-5+,18-10+/t17-/m0/s1. The summed E-state index contributed by atoms with van der Waals surface area (Å²) in [5.74, 6) is 0.182. The molecule has 0 aromatic carbocycles. The zero-order chi connectivity index (χ0) is 22.5. The van der Waals surface area contributed by atoms with Crippen molar-refractivity contribution in [3.63, 3.8) is 0 Å². The maximum absolute atomic E-state index is 15.0. The fraction of sp³-hybridized carbons (Fsp3) is 0.550. The quantitative estimate of drug-likeness (QED) is 0.652. The average molecular weight is 433 g/mol. The number of piperidine rings is 1. The number of nitrogens with zero attached hydrogens (tertiary/aromatic N) is 6. The van der Waals surface area contributed by atoms with Gasteiger partial charge in [0.15, 0.2) is 5.82 Å². The fourth-order valence-corrected chi connectivity index (χ4v) is 3.65. The molecule has 31 heavy (non-hydrogen) atoms. The number of ether oxygens (including phenoxy) is 1. The van der Waals surface area contributed by atoms with Crippen LogP contribution < -0.4 is 5.32 Å². The van der Waals surface area contributed by atoms with Crippen molar-refractivity contribution in [3.8, 4) is 0 Å². The van der Waals surface area contributed by atoms with Gasteiger partial charge in [-0.1, -0.05) is 12.7 Å². The molecule has 3 rings (SSSR count). The van der Waals surface area contributed by atoms with Crippen LogP contribution in [0.2, 0.25) is 0 Å². The molecule has 2 aliphatic heterocycles. The minimum absolute atomic E-state index is 0.191. The van der Waals surface area contributed by atoms with Crippen LogP contribution in [-0.2, 0) is 16.6 Å². The highest BCUT2D eigenvalue weighted by atomic mass is 19.1. The molecule has 1 N–H and O–H groups in total. The molecular weight excluding hydrogens is 405 g/mol. The van der Waals surface area contributed by atoms with Crippen LogP contribution in [-0.4, -0.2) is 74.3 Å². The molecular formula is C20H28FN7O3. The molecule has 1 aromatic heterocycles. The Bertz CT molecular complexity index is 902. The maximum Gasteiger partial charge on any atom is 0.414 e. The van der Waals surface area contributed by atoms with Gasteiger partial charge in [0, 0.05) is 31.6 Å². The van der Waals surface area contributed by atoms with Crippen molar-refractivity contribution in [2.45, 2.75) is 38.7 Å². The van der Waals surface area contributed by atoms with Gasteiger partial charge in [0.1, 0.15) is 11.9 Å². The maximum atomic E-state index is 15.0. The second-order valence-corrected chi connectivity index (χ2v) is 7.60. The predicted octanol–water partition coefficient (Wildman–Crippen LogP) is 1.62. The van der Waals surface area contributed by atoms with E-state index in [0.29, 0.717) is 24.6 Å². The number of halogens is 1. The van der Waals surface area contributed by atoms with Crippen LogP contribution in [0.3, 0.4) is 0 Å². The van der Waals surface area contributed by atoms with E-state index >= 15 is 0 Å². The van der Waals surface area contributed by atoms with Gasteiger partial charge in [0.2, 0.25) is 5.91 Å². The van der Waals surface area contributed by atoms with Crippen molar-refractivity contribution in [2.75, 3.05) is 26.2 Å². The van der Waals surface area contributed by atoms with E-state index in [1.54, 1.807) is 20.0 Å². The third-order valence-electron chi connectivity index (χ3n) is 5.38. The fourth-order valence-electron chi connectivity index (χ4n) is 3.65. The van der Waals surface area contributed by atoms with E-state index < -0.39 is 18.0 Å². The van der Waals surface area contributed by atoms with Crippen LogP contribution in [0.15, 0.2) is 36.0 Å². The zero-order valence-electron chi connectivity index (χ0n) is 18.0. The molecule has 2 aliphatic rings. The Labute approximate surface area is 180 Å². The smallest absolute Gasteiger partial charge is 0.414 e. The first-order valence-corrected chi connectivity index (χ1v) is 10.2. The highest BCUT2D eigenvalue weighted by Crippen LogP contribution is 2.29. The van der Waals surface area contributed by atoms with E-state index in [4.69, 9.17) is 4.74 Å². The Morgan fingerprint density at radius 2 is 2.10 bits per heavy atom. The van der Waals surface area contributed by atoms with E-state index in [1.165, 1.54) is 22.7 Å². The van der Waals surface area contributed by atoms with Crippen LogP contribution in [0.1, 0.15) is 38.4 Å². The molecule has 0 radical (unpaired) electrons. The van der Waals surface area contributed by atoms with Crippen LogP contribution in [0.4, 0.5) is 9.18 Å². The third kappa shape index (κ3) is 5.47. The number of amides is 2. The number of carbonyl (C=O) groups is 2. The van der Waals surface area contributed by atoms with Crippen molar-refractivity contribution in [2.24, 2.45) is 7.05 Å². The molecule has 2 amide bonds. The minimum atomic E-state index is -0.574. The van der Waals surface area contributed by atoms with Gasteiger partial charge in [0.25, 0.3) is 0 Å². The highest BCUT2D eigenvalue weighted by molar-refractivity contribution is 5.74. The monoisotopic (exact) mass is 433 g/mol. The molecule has 2 saturated heterocycles. The number of tetrazole rings is 1. The van der Waals surface area contributed by atoms with Gasteiger partial charge in [0.05, 0.1) is 25.8 Å². The first kappa shape index (κ1) is 22.4. The van der Waals surface area contributed by atoms with Gasteiger partial charge in [-0.25, -0.2) is 9.18 Å². The summed E-state index contributed by atoms with van der Waals surface area (Å²) in [4.78, 5) is 27.9. The summed E-state index contributed by atoms with van der Waals surface area (Å²) in [5, 5.41) is 14.8. The van der Waals surface area contributed by atoms with Gasteiger partial charge in [-0.15, -0.1) is 10.2 Å². The Kier molecular flexibility index (Phi) is 7.03. The van der Waals surface area contributed by atoms with Crippen molar-refractivity contribution >= 4 is 12.0 Å². The lowest BCUT2D eigenvalue weighted by Gasteiger charge is -2.33. The van der Waals surface area contributed by atoms with Crippen LogP contribution in [0.25, 0.3) is 0 Å². The Morgan fingerprint density at radius 3 is 2.68 bits per heavy atom. The van der Waals surface area contributed by atoms with Crippen LogP contribution in [0.5, 0.6) is 0 Å². The summed E-state index contributed by atoms with van der Waals surface area (Å²) in [6.45, 7) is 8.70. The molecule has 0 spiro atoms. The minimum Gasteiger partial charge on any atom is -0.442 e. The number of aryl methyl sites for hydroxylation is 1. The largest absolute Gasteiger partial charge is 0.442 e. The average Bonchev–Trinajstić information content (AvgIpc) is 3.35. The van der Waals surface area contributed by atoms with Gasteiger partial charge < -0.3 is 15.0 Å². The second kappa shape index (κ2) is 9.71. The lowest BCUT2D eigenvalue weighted by molar-refractivity contribution is -0.119. The predicted molar refractivity (Wildman–Crippen MR) is 110 cm³/mol. The third-order valence-corrected chi connectivity index (χ3v) is 5.38. The first-order chi connectivity index (χ1) is 14.8. The Morgan fingerprint density at radius 1 is 1.39 bits per heavy atom. The van der Waals surface area contributed by atoms with Crippen LogP contribution >= 0.6 is 0 Å². The van der Waals surface area contributed by atoms with E-state index in [1.807, 2.05) is 4.90 Å². The van der Waals surface area contributed by atoms with E-state index in [0.717, 1.165) is 12.8 Å². The zero-order valence-corrected chi connectivity index (χ0v) is 18.0. The number of cyclic esters (lactones) is 1.